The predicted octanol–water partition coefficient (Wildman–Crippen LogP) is 4.04. The van der Waals surface area contributed by atoms with E-state index in [0.29, 0.717) is 0 Å². The van der Waals surface area contributed by atoms with E-state index >= 15 is 0 Å². The molecule has 3 rings (SSSR count). The van der Waals surface area contributed by atoms with Crippen LogP contribution >= 0.6 is 11.8 Å². The first-order chi connectivity index (χ1) is 11.7. The molecule has 124 valence electrons. The van der Waals surface area contributed by atoms with E-state index in [9.17, 15) is 4.79 Å². The van der Waals surface area contributed by atoms with Crippen LogP contribution in [0.5, 0.6) is 0 Å². The van der Waals surface area contributed by atoms with Crippen LogP contribution in [0.25, 0.3) is 0 Å². The van der Waals surface area contributed by atoms with Crippen molar-refractivity contribution in [3.05, 3.63) is 81.8 Å². The average Bonchev–Trinajstić information content (AvgIpc) is 3.00. The Morgan fingerprint density at radius 2 is 1.75 bits per heavy atom. The van der Waals surface area contributed by atoms with Crippen molar-refractivity contribution in [3.8, 4) is 0 Å². The summed E-state index contributed by atoms with van der Waals surface area (Å²) in [7, 11) is 0. The zero-order valence-corrected chi connectivity index (χ0v) is 14.7. The third kappa shape index (κ3) is 3.46. The molecule has 0 aliphatic heterocycles. The van der Waals surface area contributed by atoms with Gasteiger partial charge in [0.05, 0.1) is 6.04 Å². The number of nitrogens with one attached hydrogen (secondary N) is 1. The smallest absolute Gasteiger partial charge is 0.263 e. The molecule has 0 bridgehead atoms. The highest BCUT2D eigenvalue weighted by Gasteiger charge is 2.17. The number of aromatic amines is 1. The van der Waals surface area contributed by atoms with Crippen LogP contribution in [-0.2, 0) is 12.2 Å². The Morgan fingerprint density at radius 3 is 2.46 bits per heavy atom. The summed E-state index contributed by atoms with van der Waals surface area (Å²) in [5, 5.41) is 7.53. The Morgan fingerprint density at radius 1 is 1.08 bits per heavy atom. The van der Waals surface area contributed by atoms with Crippen LogP contribution < -0.4 is 5.69 Å². The Balaban J connectivity index is 1.84. The standard InChI is InChI=1S/C19H21N3OS/c1-3-15-9-7-8-12-17(15)13-24-19-21-20-18(23)22(19)14(2)16-10-5-4-6-11-16/h4-12,14H,3,13H2,1-2H3,(H,20,23)/t14-/m0/s1. The summed E-state index contributed by atoms with van der Waals surface area (Å²) in [6.07, 6.45) is 1.00. The quantitative estimate of drug-likeness (QED) is 0.690. The first-order valence-electron chi connectivity index (χ1n) is 8.12. The van der Waals surface area contributed by atoms with E-state index in [2.05, 4.69) is 41.4 Å². The topological polar surface area (TPSA) is 50.7 Å². The molecular weight excluding hydrogens is 318 g/mol. The van der Waals surface area contributed by atoms with Gasteiger partial charge < -0.3 is 0 Å². The monoisotopic (exact) mass is 339 g/mol. The summed E-state index contributed by atoms with van der Waals surface area (Å²) in [6, 6.07) is 18.4. The summed E-state index contributed by atoms with van der Waals surface area (Å²) in [5.74, 6) is 0.801. The minimum absolute atomic E-state index is 0.0543. The van der Waals surface area contributed by atoms with E-state index in [-0.39, 0.29) is 11.7 Å². The lowest BCUT2D eigenvalue weighted by molar-refractivity contribution is 0.566. The lowest BCUT2D eigenvalue weighted by Crippen LogP contribution is -2.22. The van der Waals surface area contributed by atoms with Crippen LogP contribution in [0.3, 0.4) is 0 Å². The second-order valence-corrected chi connectivity index (χ2v) is 6.62. The van der Waals surface area contributed by atoms with Gasteiger partial charge in [-0.25, -0.2) is 9.89 Å². The molecule has 5 heteroatoms. The molecule has 1 heterocycles. The first kappa shape index (κ1) is 16.6. The Hall–Kier alpha value is -2.27. The van der Waals surface area contributed by atoms with Crippen LogP contribution in [0.2, 0.25) is 0 Å². The van der Waals surface area contributed by atoms with Gasteiger partial charge in [0.1, 0.15) is 0 Å². The second kappa shape index (κ2) is 7.53. The fourth-order valence-corrected chi connectivity index (χ4v) is 3.86. The van der Waals surface area contributed by atoms with Crippen LogP contribution in [0.15, 0.2) is 64.5 Å². The van der Waals surface area contributed by atoms with E-state index in [1.54, 1.807) is 16.3 Å². The van der Waals surface area contributed by atoms with Gasteiger partial charge >= 0.3 is 5.69 Å². The van der Waals surface area contributed by atoms with Crippen LogP contribution in [-0.4, -0.2) is 14.8 Å². The fraction of sp³-hybridized carbons (Fsp3) is 0.263. The highest BCUT2D eigenvalue weighted by atomic mass is 32.2. The molecule has 0 saturated carbocycles. The Bertz CT molecular complexity index is 854. The molecule has 0 amide bonds. The average molecular weight is 339 g/mol. The molecule has 0 fully saturated rings. The molecule has 4 nitrogen and oxygen atoms in total. The number of nitrogens with zero attached hydrogens (tertiary/aromatic N) is 2. The number of hydrogen-bond acceptors (Lipinski definition) is 3. The minimum Gasteiger partial charge on any atom is -0.263 e. The predicted molar refractivity (Wildman–Crippen MR) is 98.5 cm³/mol. The largest absolute Gasteiger partial charge is 0.344 e. The lowest BCUT2D eigenvalue weighted by Gasteiger charge is -2.15. The number of rotatable bonds is 6. The number of H-pyrrole nitrogens is 1. The van der Waals surface area contributed by atoms with Crippen LogP contribution in [0.4, 0.5) is 0 Å². The molecule has 1 atom stereocenters. The van der Waals surface area contributed by atoms with Crippen LogP contribution in [0, 0.1) is 0 Å². The summed E-state index contributed by atoms with van der Waals surface area (Å²) < 4.78 is 1.73. The van der Waals surface area contributed by atoms with Gasteiger partial charge in [0.2, 0.25) is 0 Å². The number of aromatic nitrogens is 3. The van der Waals surface area contributed by atoms with Crippen molar-refractivity contribution < 1.29 is 0 Å². The van der Waals surface area contributed by atoms with Crippen molar-refractivity contribution in [3.63, 3.8) is 0 Å². The van der Waals surface area contributed by atoms with Gasteiger partial charge in [-0.05, 0) is 30.0 Å². The highest BCUT2D eigenvalue weighted by Crippen LogP contribution is 2.26. The third-order valence-electron chi connectivity index (χ3n) is 4.20. The van der Waals surface area contributed by atoms with Crippen molar-refractivity contribution in [2.24, 2.45) is 0 Å². The zero-order valence-electron chi connectivity index (χ0n) is 13.9. The van der Waals surface area contributed by atoms with E-state index in [4.69, 9.17) is 0 Å². The number of aryl methyl sites for hydroxylation is 1. The van der Waals surface area contributed by atoms with Gasteiger partial charge in [-0.3, -0.25) is 4.57 Å². The van der Waals surface area contributed by atoms with Gasteiger partial charge in [0, 0.05) is 5.75 Å². The summed E-state index contributed by atoms with van der Waals surface area (Å²) >= 11 is 1.59. The van der Waals surface area contributed by atoms with E-state index in [1.165, 1.54) is 11.1 Å². The SMILES string of the molecule is CCc1ccccc1CSc1n[nH]c(=O)n1[C@@H](C)c1ccccc1. The van der Waals surface area contributed by atoms with E-state index in [0.717, 1.165) is 22.9 Å². The maximum Gasteiger partial charge on any atom is 0.344 e. The highest BCUT2D eigenvalue weighted by molar-refractivity contribution is 7.98. The van der Waals surface area contributed by atoms with Gasteiger partial charge in [-0.2, -0.15) is 0 Å². The van der Waals surface area contributed by atoms with Crippen molar-refractivity contribution >= 4 is 11.8 Å². The molecule has 24 heavy (non-hydrogen) atoms. The fourth-order valence-electron chi connectivity index (χ4n) is 2.80. The lowest BCUT2D eigenvalue weighted by atomic mass is 10.1. The maximum atomic E-state index is 12.2. The summed E-state index contributed by atoms with van der Waals surface area (Å²) in [4.78, 5) is 12.2. The minimum atomic E-state index is -0.169. The molecule has 3 aromatic rings. The number of benzene rings is 2. The second-order valence-electron chi connectivity index (χ2n) is 5.68. The molecular formula is C19H21N3OS. The molecule has 0 aliphatic carbocycles. The van der Waals surface area contributed by atoms with Gasteiger partial charge in [0.25, 0.3) is 0 Å². The van der Waals surface area contributed by atoms with Gasteiger partial charge in [-0.15, -0.1) is 5.10 Å². The molecule has 1 N–H and O–H groups in total. The molecule has 1 aromatic heterocycles. The van der Waals surface area contributed by atoms with E-state index < -0.39 is 0 Å². The number of thioether (sulfide) groups is 1. The Kier molecular flexibility index (Phi) is 5.20. The van der Waals surface area contributed by atoms with Gasteiger partial charge in [-0.1, -0.05) is 73.3 Å². The van der Waals surface area contributed by atoms with Crippen molar-refractivity contribution in [1.29, 1.82) is 0 Å². The van der Waals surface area contributed by atoms with Crippen LogP contribution in [0.1, 0.15) is 36.6 Å². The van der Waals surface area contributed by atoms with Gasteiger partial charge in [0.15, 0.2) is 5.16 Å². The third-order valence-corrected chi connectivity index (χ3v) is 5.20. The summed E-state index contributed by atoms with van der Waals surface area (Å²) in [5.41, 5.74) is 3.55. The molecule has 2 aromatic carbocycles. The normalized spacial score (nSPS) is 12.2. The Labute approximate surface area is 145 Å². The van der Waals surface area contributed by atoms with Crippen molar-refractivity contribution in [2.45, 2.75) is 37.2 Å². The zero-order chi connectivity index (χ0) is 16.9. The number of hydrogen-bond donors (Lipinski definition) is 1. The maximum absolute atomic E-state index is 12.2. The molecule has 0 unspecified atom stereocenters. The van der Waals surface area contributed by atoms with Crippen molar-refractivity contribution in [2.75, 3.05) is 0 Å². The molecule has 0 spiro atoms. The summed E-state index contributed by atoms with van der Waals surface area (Å²) in [6.45, 7) is 4.18. The molecule has 0 radical (unpaired) electrons. The molecule has 0 saturated heterocycles. The molecule has 0 aliphatic rings. The first-order valence-corrected chi connectivity index (χ1v) is 9.10. The van der Waals surface area contributed by atoms with Crippen molar-refractivity contribution in [1.82, 2.24) is 14.8 Å². The van der Waals surface area contributed by atoms with E-state index in [1.807, 2.05) is 37.3 Å².